The minimum absolute atomic E-state index is 0.235. The molecule has 0 aromatic rings. The number of carbonyl (C=O) groups is 1. The van der Waals surface area contributed by atoms with E-state index >= 15 is 0 Å². The normalized spacial score (nSPS) is 20.4. The molecule has 1 saturated heterocycles. The molecule has 1 heterocycles. The Bertz CT molecular complexity index is 241. The lowest BCUT2D eigenvalue weighted by atomic mass is 9.75. The van der Waals surface area contributed by atoms with Gasteiger partial charge in [-0.2, -0.15) is 0 Å². The van der Waals surface area contributed by atoms with Gasteiger partial charge in [0.25, 0.3) is 0 Å². The van der Waals surface area contributed by atoms with Crippen LogP contribution in [0.15, 0.2) is 0 Å². The van der Waals surface area contributed by atoms with Crippen molar-refractivity contribution >= 4 is 5.91 Å². The van der Waals surface area contributed by atoms with Crippen LogP contribution in [0.5, 0.6) is 0 Å². The van der Waals surface area contributed by atoms with Gasteiger partial charge in [0, 0.05) is 13.0 Å². The van der Waals surface area contributed by atoms with Gasteiger partial charge >= 0.3 is 0 Å². The predicted molar refractivity (Wildman–Crippen MR) is 76.5 cm³/mol. The highest BCUT2D eigenvalue weighted by atomic mass is 16.1. The fraction of sp³-hybridized carbons (Fsp3) is 0.933. The Morgan fingerprint density at radius 1 is 1.33 bits per heavy atom. The first-order valence-electron chi connectivity index (χ1n) is 7.59. The maximum atomic E-state index is 11.9. The maximum absolute atomic E-state index is 11.9. The van der Waals surface area contributed by atoms with Gasteiger partial charge in [-0.25, -0.2) is 0 Å². The van der Waals surface area contributed by atoms with Gasteiger partial charge in [0.1, 0.15) is 0 Å². The monoisotopic (exact) mass is 254 g/mol. The SMILES string of the molecule is CCCC1(CNC(=O)CC(C)CC)CCNCC1. The Labute approximate surface area is 112 Å². The average Bonchev–Trinajstić information content (AvgIpc) is 2.38. The third kappa shape index (κ3) is 4.97. The molecular weight excluding hydrogens is 224 g/mol. The molecule has 1 aliphatic rings. The zero-order chi connectivity index (χ0) is 13.4. The van der Waals surface area contributed by atoms with Crippen LogP contribution in [-0.4, -0.2) is 25.5 Å². The van der Waals surface area contributed by atoms with Crippen LogP contribution in [0.2, 0.25) is 0 Å². The third-order valence-corrected chi connectivity index (χ3v) is 4.34. The summed E-state index contributed by atoms with van der Waals surface area (Å²) in [6.45, 7) is 9.60. The number of hydrogen-bond acceptors (Lipinski definition) is 2. The molecule has 1 fully saturated rings. The van der Waals surface area contributed by atoms with Crippen LogP contribution in [-0.2, 0) is 4.79 Å². The Hall–Kier alpha value is -0.570. The Balaban J connectivity index is 2.39. The number of rotatable bonds is 7. The summed E-state index contributed by atoms with van der Waals surface area (Å²) in [4.78, 5) is 11.9. The van der Waals surface area contributed by atoms with Gasteiger partial charge in [0.2, 0.25) is 5.91 Å². The third-order valence-electron chi connectivity index (χ3n) is 4.34. The fourth-order valence-corrected chi connectivity index (χ4v) is 2.82. The quantitative estimate of drug-likeness (QED) is 0.733. The maximum Gasteiger partial charge on any atom is 0.220 e. The molecule has 0 aliphatic carbocycles. The Kier molecular flexibility index (Phi) is 6.69. The molecule has 1 atom stereocenters. The summed E-state index contributed by atoms with van der Waals surface area (Å²) in [5.41, 5.74) is 0.352. The van der Waals surface area contributed by atoms with E-state index in [1.807, 2.05) is 0 Å². The molecule has 0 radical (unpaired) electrons. The summed E-state index contributed by atoms with van der Waals surface area (Å²) >= 11 is 0. The lowest BCUT2D eigenvalue weighted by molar-refractivity contribution is -0.122. The van der Waals surface area contributed by atoms with Gasteiger partial charge in [-0.3, -0.25) is 4.79 Å². The number of piperidine rings is 1. The van der Waals surface area contributed by atoms with Crippen molar-refractivity contribution in [1.82, 2.24) is 10.6 Å². The summed E-state index contributed by atoms with van der Waals surface area (Å²) in [5, 5.41) is 6.59. The van der Waals surface area contributed by atoms with Crippen LogP contribution in [0.1, 0.15) is 59.3 Å². The molecule has 1 aliphatic heterocycles. The van der Waals surface area contributed by atoms with E-state index in [1.54, 1.807) is 0 Å². The van der Waals surface area contributed by atoms with Crippen LogP contribution in [0, 0.1) is 11.3 Å². The van der Waals surface area contributed by atoms with Crippen molar-refractivity contribution in [2.24, 2.45) is 11.3 Å². The molecule has 3 nitrogen and oxygen atoms in total. The fourth-order valence-electron chi connectivity index (χ4n) is 2.82. The molecule has 0 spiro atoms. The van der Waals surface area contributed by atoms with E-state index in [4.69, 9.17) is 0 Å². The first-order chi connectivity index (χ1) is 8.62. The van der Waals surface area contributed by atoms with Crippen molar-refractivity contribution in [2.75, 3.05) is 19.6 Å². The van der Waals surface area contributed by atoms with Crippen LogP contribution in [0.4, 0.5) is 0 Å². The molecule has 1 rings (SSSR count). The predicted octanol–water partition coefficient (Wildman–Crippen LogP) is 2.71. The Morgan fingerprint density at radius 3 is 2.56 bits per heavy atom. The second kappa shape index (κ2) is 7.78. The van der Waals surface area contributed by atoms with E-state index in [1.165, 1.54) is 25.7 Å². The second-order valence-electron chi connectivity index (χ2n) is 5.99. The van der Waals surface area contributed by atoms with Crippen LogP contribution in [0.25, 0.3) is 0 Å². The molecule has 18 heavy (non-hydrogen) atoms. The average molecular weight is 254 g/mol. The van der Waals surface area contributed by atoms with Gasteiger partial charge in [0.05, 0.1) is 0 Å². The van der Waals surface area contributed by atoms with E-state index in [-0.39, 0.29) is 5.91 Å². The number of nitrogens with one attached hydrogen (secondary N) is 2. The summed E-state index contributed by atoms with van der Waals surface area (Å²) in [5.74, 6) is 0.735. The van der Waals surface area contributed by atoms with E-state index in [0.717, 1.165) is 26.1 Å². The molecular formula is C15H30N2O. The van der Waals surface area contributed by atoms with E-state index in [0.29, 0.717) is 17.8 Å². The molecule has 0 bridgehead atoms. The van der Waals surface area contributed by atoms with Crippen LogP contribution < -0.4 is 10.6 Å². The molecule has 3 heteroatoms. The largest absolute Gasteiger partial charge is 0.356 e. The van der Waals surface area contributed by atoms with Gasteiger partial charge in [-0.1, -0.05) is 33.6 Å². The summed E-state index contributed by atoms with van der Waals surface area (Å²) in [6.07, 6.45) is 6.60. The molecule has 0 aromatic heterocycles. The van der Waals surface area contributed by atoms with Crippen molar-refractivity contribution < 1.29 is 4.79 Å². The first kappa shape index (κ1) is 15.5. The summed E-state index contributed by atoms with van der Waals surface area (Å²) in [7, 11) is 0. The van der Waals surface area contributed by atoms with Crippen molar-refractivity contribution in [3.05, 3.63) is 0 Å². The van der Waals surface area contributed by atoms with Gasteiger partial charge < -0.3 is 10.6 Å². The van der Waals surface area contributed by atoms with Gasteiger partial charge in [-0.05, 0) is 43.7 Å². The van der Waals surface area contributed by atoms with E-state index < -0.39 is 0 Å². The first-order valence-corrected chi connectivity index (χ1v) is 7.59. The highest BCUT2D eigenvalue weighted by molar-refractivity contribution is 5.76. The highest BCUT2D eigenvalue weighted by Gasteiger charge is 2.31. The minimum atomic E-state index is 0.235. The zero-order valence-corrected chi connectivity index (χ0v) is 12.3. The van der Waals surface area contributed by atoms with E-state index in [2.05, 4.69) is 31.4 Å². The molecule has 2 N–H and O–H groups in total. The van der Waals surface area contributed by atoms with Gasteiger partial charge in [0.15, 0.2) is 0 Å². The summed E-state index contributed by atoms with van der Waals surface area (Å²) in [6, 6.07) is 0. The van der Waals surface area contributed by atoms with E-state index in [9.17, 15) is 4.79 Å². The zero-order valence-electron chi connectivity index (χ0n) is 12.3. The standard InChI is InChI=1S/C15H30N2O/c1-4-6-15(7-9-16-10-8-15)12-17-14(18)11-13(3)5-2/h13,16H,4-12H2,1-3H3,(H,17,18). The highest BCUT2D eigenvalue weighted by Crippen LogP contribution is 2.33. The molecule has 1 unspecified atom stereocenters. The van der Waals surface area contributed by atoms with Crippen molar-refractivity contribution in [1.29, 1.82) is 0 Å². The summed E-state index contributed by atoms with van der Waals surface area (Å²) < 4.78 is 0. The second-order valence-corrected chi connectivity index (χ2v) is 5.99. The molecule has 0 saturated carbocycles. The van der Waals surface area contributed by atoms with Crippen molar-refractivity contribution in [3.8, 4) is 0 Å². The lowest BCUT2D eigenvalue weighted by Crippen LogP contribution is -2.44. The van der Waals surface area contributed by atoms with Gasteiger partial charge in [-0.15, -0.1) is 0 Å². The number of amides is 1. The topological polar surface area (TPSA) is 41.1 Å². The minimum Gasteiger partial charge on any atom is -0.356 e. The van der Waals surface area contributed by atoms with Crippen molar-refractivity contribution in [2.45, 2.75) is 59.3 Å². The lowest BCUT2D eigenvalue weighted by Gasteiger charge is -2.38. The Morgan fingerprint density at radius 2 is 2.00 bits per heavy atom. The number of hydrogen-bond donors (Lipinski definition) is 2. The van der Waals surface area contributed by atoms with Crippen LogP contribution in [0.3, 0.4) is 0 Å². The molecule has 0 aromatic carbocycles. The molecule has 1 amide bonds. The molecule has 106 valence electrons. The smallest absolute Gasteiger partial charge is 0.220 e. The number of carbonyl (C=O) groups excluding carboxylic acids is 1. The van der Waals surface area contributed by atoms with Crippen LogP contribution >= 0.6 is 0 Å². The van der Waals surface area contributed by atoms with Crippen molar-refractivity contribution in [3.63, 3.8) is 0 Å².